The molecule has 4 nitrogen and oxygen atoms in total. The Balaban J connectivity index is 1.96. The molecule has 3 rings (SSSR count). The smallest absolute Gasteiger partial charge is 0.218 e. The molecule has 2 aromatic carbocycles. The molecular formula is C20H23N3O. The Bertz CT molecular complexity index is 874. The Morgan fingerprint density at radius 2 is 1.46 bits per heavy atom. The molecule has 0 aliphatic rings. The van der Waals surface area contributed by atoms with Crippen LogP contribution in [0.3, 0.4) is 0 Å². The molecule has 1 aromatic heterocycles. The van der Waals surface area contributed by atoms with E-state index in [2.05, 4.69) is 67.2 Å². The summed E-state index contributed by atoms with van der Waals surface area (Å²) in [5.74, 6) is 0.955. The van der Waals surface area contributed by atoms with E-state index >= 15 is 0 Å². The first kappa shape index (κ1) is 16.2. The Labute approximate surface area is 142 Å². The minimum Gasteiger partial charge on any atom is -0.493 e. The third kappa shape index (κ3) is 3.18. The number of rotatable bonds is 4. The lowest BCUT2D eigenvalue weighted by molar-refractivity contribution is 0.459. The molecule has 0 atom stereocenters. The number of aromatic hydroxyl groups is 1. The molecule has 24 heavy (non-hydrogen) atoms. The van der Waals surface area contributed by atoms with Crippen molar-refractivity contribution < 1.29 is 5.11 Å². The van der Waals surface area contributed by atoms with Crippen LogP contribution < -0.4 is 0 Å². The number of aromatic amines is 1. The summed E-state index contributed by atoms with van der Waals surface area (Å²) in [5, 5.41) is 19.6. The van der Waals surface area contributed by atoms with Crippen molar-refractivity contribution in [3.63, 3.8) is 0 Å². The van der Waals surface area contributed by atoms with Crippen molar-refractivity contribution >= 4 is 22.3 Å². The number of benzene rings is 2. The summed E-state index contributed by atoms with van der Waals surface area (Å²) in [5.41, 5.74) is 4.60. The Kier molecular flexibility index (Phi) is 4.38. The second-order valence-corrected chi connectivity index (χ2v) is 6.73. The van der Waals surface area contributed by atoms with Crippen LogP contribution in [0.2, 0.25) is 0 Å². The van der Waals surface area contributed by atoms with Gasteiger partial charge in [-0.1, -0.05) is 45.9 Å². The molecule has 0 saturated heterocycles. The number of azo groups is 1. The van der Waals surface area contributed by atoms with Crippen LogP contribution in [0.5, 0.6) is 5.88 Å². The van der Waals surface area contributed by atoms with Crippen molar-refractivity contribution in [2.45, 2.75) is 39.5 Å². The Morgan fingerprint density at radius 1 is 0.833 bits per heavy atom. The molecular weight excluding hydrogens is 298 g/mol. The number of aromatic nitrogens is 1. The molecule has 0 radical (unpaired) electrons. The summed E-state index contributed by atoms with van der Waals surface area (Å²) in [4.78, 5) is 2.96. The molecule has 124 valence electrons. The van der Waals surface area contributed by atoms with E-state index in [1.807, 2.05) is 18.2 Å². The van der Waals surface area contributed by atoms with E-state index in [0.29, 0.717) is 17.5 Å². The second-order valence-electron chi connectivity index (χ2n) is 6.73. The zero-order valence-corrected chi connectivity index (χ0v) is 14.5. The maximum absolute atomic E-state index is 10.1. The topological polar surface area (TPSA) is 60.7 Å². The number of hydrogen-bond donors (Lipinski definition) is 2. The summed E-state index contributed by atoms with van der Waals surface area (Å²) in [6, 6.07) is 14.1. The number of nitrogens with zero attached hydrogens (tertiary/aromatic N) is 2. The summed E-state index contributed by atoms with van der Waals surface area (Å²) >= 11 is 0. The molecule has 0 saturated carbocycles. The van der Waals surface area contributed by atoms with Crippen LogP contribution in [-0.4, -0.2) is 10.1 Å². The van der Waals surface area contributed by atoms with Crippen molar-refractivity contribution in [3.05, 3.63) is 53.6 Å². The van der Waals surface area contributed by atoms with Gasteiger partial charge in [-0.15, -0.1) is 5.11 Å². The monoisotopic (exact) mass is 321 g/mol. The lowest BCUT2D eigenvalue weighted by Gasteiger charge is -2.05. The van der Waals surface area contributed by atoms with Crippen molar-refractivity contribution in [2.24, 2.45) is 10.2 Å². The van der Waals surface area contributed by atoms with Gasteiger partial charge in [0.25, 0.3) is 0 Å². The van der Waals surface area contributed by atoms with Crippen LogP contribution in [0, 0.1) is 0 Å². The van der Waals surface area contributed by atoms with Crippen LogP contribution in [0.4, 0.5) is 11.4 Å². The first-order chi connectivity index (χ1) is 11.5. The Hall–Kier alpha value is -2.62. The summed E-state index contributed by atoms with van der Waals surface area (Å²) in [7, 11) is 0. The van der Waals surface area contributed by atoms with Crippen molar-refractivity contribution in [2.75, 3.05) is 0 Å². The molecule has 4 heteroatoms. The molecule has 0 aliphatic carbocycles. The zero-order chi connectivity index (χ0) is 17.3. The average molecular weight is 321 g/mol. The van der Waals surface area contributed by atoms with Gasteiger partial charge in [0.05, 0.1) is 11.2 Å². The van der Waals surface area contributed by atoms with Gasteiger partial charge in [-0.3, -0.25) is 0 Å². The first-order valence-corrected chi connectivity index (χ1v) is 8.32. The van der Waals surface area contributed by atoms with Gasteiger partial charge < -0.3 is 10.1 Å². The molecule has 3 aromatic rings. The molecule has 0 spiro atoms. The van der Waals surface area contributed by atoms with E-state index in [1.165, 1.54) is 11.1 Å². The maximum atomic E-state index is 10.1. The third-order valence-electron chi connectivity index (χ3n) is 4.27. The normalized spacial score (nSPS) is 12.1. The highest BCUT2D eigenvalue weighted by atomic mass is 16.3. The van der Waals surface area contributed by atoms with Crippen LogP contribution >= 0.6 is 0 Å². The molecule has 0 fully saturated rings. The fourth-order valence-electron chi connectivity index (χ4n) is 2.68. The molecule has 0 amide bonds. The molecule has 1 heterocycles. The number of nitrogens with one attached hydrogen (secondary N) is 1. The lowest BCUT2D eigenvalue weighted by atomic mass is 10.0. The van der Waals surface area contributed by atoms with Crippen molar-refractivity contribution in [1.82, 2.24) is 4.98 Å². The molecule has 2 N–H and O–H groups in total. The van der Waals surface area contributed by atoms with Gasteiger partial charge in [0.15, 0.2) is 5.69 Å². The van der Waals surface area contributed by atoms with E-state index in [-0.39, 0.29) is 5.88 Å². The van der Waals surface area contributed by atoms with Gasteiger partial charge >= 0.3 is 0 Å². The number of hydrogen-bond acceptors (Lipinski definition) is 3. The Morgan fingerprint density at radius 3 is 2.08 bits per heavy atom. The molecule has 0 aliphatic heterocycles. The van der Waals surface area contributed by atoms with Crippen LogP contribution in [-0.2, 0) is 0 Å². The zero-order valence-electron chi connectivity index (χ0n) is 14.5. The standard InChI is InChI=1S/C20H23N3O/c1-12(2)14-5-8-16(9-6-14)22-23-19-17-11-15(13(3)4)7-10-18(17)21-20(19)24/h5-13,21,24H,1-4H3. The SMILES string of the molecule is CC(C)c1ccc(N=Nc2c(O)[nH]c3ccc(C(C)C)cc23)cc1. The van der Waals surface area contributed by atoms with E-state index in [0.717, 1.165) is 16.6 Å². The molecule has 0 unspecified atom stereocenters. The van der Waals surface area contributed by atoms with Gasteiger partial charge in [-0.05, 0) is 47.2 Å². The van der Waals surface area contributed by atoms with E-state index in [1.54, 1.807) is 0 Å². The second kappa shape index (κ2) is 6.48. The van der Waals surface area contributed by atoms with Crippen LogP contribution in [0.1, 0.15) is 50.7 Å². The van der Waals surface area contributed by atoms with Crippen molar-refractivity contribution in [1.29, 1.82) is 0 Å². The minimum atomic E-state index is 0.0495. The number of fused-ring (bicyclic) bond motifs is 1. The van der Waals surface area contributed by atoms with Gasteiger partial charge in [-0.2, -0.15) is 5.11 Å². The lowest BCUT2D eigenvalue weighted by Crippen LogP contribution is -1.85. The largest absolute Gasteiger partial charge is 0.493 e. The first-order valence-electron chi connectivity index (χ1n) is 8.32. The van der Waals surface area contributed by atoms with E-state index < -0.39 is 0 Å². The highest BCUT2D eigenvalue weighted by Gasteiger charge is 2.12. The van der Waals surface area contributed by atoms with E-state index in [9.17, 15) is 5.11 Å². The molecule has 0 bridgehead atoms. The van der Waals surface area contributed by atoms with E-state index in [4.69, 9.17) is 0 Å². The third-order valence-corrected chi connectivity index (χ3v) is 4.27. The summed E-state index contributed by atoms with van der Waals surface area (Å²) in [6.45, 7) is 8.61. The predicted octanol–water partition coefficient (Wildman–Crippen LogP) is 6.54. The minimum absolute atomic E-state index is 0.0495. The van der Waals surface area contributed by atoms with Gasteiger partial charge in [0, 0.05) is 5.39 Å². The highest BCUT2D eigenvalue weighted by Crippen LogP contribution is 2.37. The van der Waals surface area contributed by atoms with Crippen molar-refractivity contribution in [3.8, 4) is 5.88 Å². The fourth-order valence-corrected chi connectivity index (χ4v) is 2.68. The quantitative estimate of drug-likeness (QED) is 0.527. The average Bonchev–Trinajstić information content (AvgIpc) is 2.87. The fraction of sp³-hybridized carbons (Fsp3) is 0.300. The predicted molar refractivity (Wildman–Crippen MR) is 98.8 cm³/mol. The van der Waals surface area contributed by atoms with Gasteiger partial charge in [0.2, 0.25) is 5.88 Å². The maximum Gasteiger partial charge on any atom is 0.218 e. The number of H-pyrrole nitrogens is 1. The van der Waals surface area contributed by atoms with Gasteiger partial charge in [0.1, 0.15) is 0 Å². The van der Waals surface area contributed by atoms with Gasteiger partial charge in [-0.25, -0.2) is 0 Å². The van der Waals surface area contributed by atoms with Crippen LogP contribution in [0.25, 0.3) is 10.9 Å². The summed E-state index contributed by atoms with van der Waals surface area (Å²) in [6.07, 6.45) is 0. The summed E-state index contributed by atoms with van der Waals surface area (Å²) < 4.78 is 0. The highest BCUT2D eigenvalue weighted by molar-refractivity contribution is 5.94. The van der Waals surface area contributed by atoms with Crippen LogP contribution in [0.15, 0.2) is 52.7 Å².